The molecule has 11 unspecified atom stereocenters. The molecule has 0 aliphatic carbocycles. The van der Waals surface area contributed by atoms with Crippen LogP contribution < -0.4 is 53.2 Å². The Morgan fingerprint density at radius 3 is 1.18 bits per heavy atom. The van der Waals surface area contributed by atoms with Crippen molar-refractivity contribution in [1.82, 2.24) is 53.2 Å². The maximum Gasteiger partial charge on any atom is 0.303 e. The van der Waals surface area contributed by atoms with Crippen LogP contribution in [0.15, 0.2) is 54.6 Å². The number of phenols is 1. The van der Waals surface area contributed by atoms with Gasteiger partial charge in [-0.2, -0.15) is 0 Å². The van der Waals surface area contributed by atoms with E-state index >= 15 is 0 Å². The van der Waals surface area contributed by atoms with Crippen LogP contribution in [0.25, 0.3) is 0 Å². The van der Waals surface area contributed by atoms with Gasteiger partial charge < -0.3 is 83.2 Å². The highest BCUT2D eigenvalue weighted by molar-refractivity contribution is 5.99. The van der Waals surface area contributed by atoms with Crippen molar-refractivity contribution in [3.05, 3.63) is 65.7 Å². The van der Waals surface area contributed by atoms with E-state index in [0.29, 0.717) is 62.2 Å². The van der Waals surface area contributed by atoms with Crippen LogP contribution in [0, 0.1) is 0 Å². The number of ketones is 1. The summed E-state index contributed by atoms with van der Waals surface area (Å²) in [6.07, 6.45) is 0.373. The molecule has 2 aromatic carbocycles. The predicted molar refractivity (Wildman–Crippen MR) is 327 cm³/mol. The molecule has 0 heterocycles. The molecule has 2 rings (SSSR count). The number of benzene rings is 2. The summed E-state index contributed by atoms with van der Waals surface area (Å²) < 4.78 is 0. The van der Waals surface area contributed by atoms with E-state index in [1.807, 2.05) is 20.8 Å². The number of nitrogens with one attached hydrogen (secondary N) is 10. The smallest absolute Gasteiger partial charge is 0.303 e. The minimum Gasteiger partial charge on any atom is -0.508 e. The van der Waals surface area contributed by atoms with E-state index in [4.69, 9.17) is 0 Å². The van der Waals surface area contributed by atoms with Gasteiger partial charge in [-0.25, -0.2) is 0 Å². The van der Waals surface area contributed by atoms with Gasteiger partial charge in [0.05, 0.1) is 18.2 Å². The summed E-state index contributed by atoms with van der Waals surface area (Å²) in [5.74, 6) is -12.3. The number of unbranched alkanes of at least 4 members (excludes halogenated alkanes) is 5. The average Bonchev–Trinajstić information content (AvgIpc) is 1.80. The summed E-state index contributed by atoms with van der Waals surface area (Å²) >= 11 is 0. The lowest BCUT2D eigenvalue weighted by molar-refractivity contribution is -0.140. The topological polar surface area (TPSA) is 440 Å². The number of carbonyl (C=O) groups excluding carboxylic acids is 12. The minimum absolute atomic E-state index is 0.0801. The number of aliphatic carboxylic acids is 2. The van der Waals surface area contributed by atoms with E-state index in [-0.39, 0.29) is 37.2 Å². The zero-order chi connectivity index (χ0) is 67.3. The monoisotopic (exact) mass is 1260 g/mol. The number of carboxylic acid groups (broad SMARTS) is 2. The highest BCUT2D eigenvalue weighted by Crippen LogP contribution is 2.15. The molecule has 14 N–H and O–H groups in total. The third-order valence-electron chi connectivity index (χ3n) is 14.6. The van der Waals surface area contributed by atoms with E-state index in [0.717, 1.165) is 26.2 Å². The number of phenolic OH excluding ortho intramolecular Hbond substituents is 1. The van der Waals surface area contributed by atoms with Crippen molar-refractivity contribution in [1.29, 1.82) is 0 Å². The average molecular weight is 1270 g/mol. The molecule has 9 amide bonds. The normalized spacial score (nSPS) is 14.7. The molecule has 28 nitrogen and oxygen atoms in total. The van der Waals surface area contributed by atoms with Gasteiger partial charge in [-0.1, -0.05) is 115 Å². The zero-order valence-corrected chi connectivity index (χ0v) is 52.1. The van der Waals surface area contributed by atoms with Crippen molar-refractivity contribution < 1.29 is 87.5 Å². The van der Waals surface area contributed by atoms with Gasteiger partial charge in [0.2, 0.25) is 53.2 Å². The number of aliphatic hydroxyl groups is 1. The number of carboxylic acids is 2. The molecule has 498 valence electrons. The number of hydrogen-bond acceptors (Lipinski definition) is 17. The van der Waals surface area contributed by atoms with E-state index in [9.17, 15) is 87.5 Å². The fourth-order valence-electron chi connectivity index (χ4n) is 9.35. The molecule has 0 aliphatic rings. The molecule has 0 spiro atoms. The molecule has 90 heavy (non-hydrogen) atoms. The lowest BCUT2D eigenvalue weighted by atomic mass is 10.0. The van der Waals surface area contributed by atoms with E-state index < -0.39 is 170 Å². The van der Waals surface area contributed by atoms with Crippen LogP contribution in [-0.2, 0) is 80.0 Å². The Labute approximate surface area is 524 Å². The second-order valence-electron chi connectivity index (χ2n) is 22.0. The van der Waals surface area contributed by atoms with Gasteiger partial charge >= 0.3 is 11.9 Å². The summed E-state index contributed by atoms with van der Waals surface area (Å²) in [6, 6.07) is -0.918. The molecule has 0 radical (unpaired) electrons. The van der Waals surface area contributed by atoms with Gasteiger partial charge in [-0.05, 0) is 76.3 Å². The number of aliphatic hydroxyl groups excluding tert-OH is 1. The molecular weight excluding hydrogens is 1170 g/mol. The maximum absolute atomic E-state index is 14.5. The van der Waals surface area contributed by atoms with Crippen molar-refractivity contribution in [2.75, 3.05) is 7.05 Å². The highest BCUT2D eigenvalue weighted by Gasteiger charge is 2.37. The maximum atomic E-state index is 14.5. The standard InChI is InChI=1S/C62H92N10O18/c1-7-10-14-21-42(37(4)75)64-60(88)50(36-40-23-25-41(77)26-24-40)70-56(84)45(27-29-51(78)79)66-55(83)46(28-30-52(80)81)69-62(90)53(38(5)76)72-59(87)44(22-15-11-8-2)65-61(89)49(35-39-18-16-13-17-19-39)71-58(86)48(32-34-74)68-57(85)47(31-33-73)67-54(82)43(63-6)20-12-9-3/h13,16-19,23-26,33-34,38,42-50,53,63,76-77H,7-12,14-15,20-22,27-32,35-36H2,1-6H3,(H,64,88)(H,65,89)(H,66,83)(H,67,82)(H,68,85)(H,69,90)(H,70,84)(H,71,86)(H,72,87)(H,78,79)(H,80,81). The van der Waals surface area contributed by atoms with E-state index in [2.05, 4.69) is 53.2 Å². The largest absolute Gasteiger partial charge is 0.508 e. The second-order valence-corrected chi connectivity index (χ2v) is 22.0. The summed E-state index contributed by atoms with van der Waals surface area (Å²) in [6.45, 7) is 8.13. The number of carbonyl (C=O) groups is 14. The van der Waals surface area contributed by atoms with Crippen molar-refractivity contribution in [3.63, 3.8) is 0 Å². The first-order valence-electron chi connectivity index (χ1n) is 30.5. The number of hydrogen-bond donors (Lipinski definition) is 14. The number of aromatic hydroxyl groups is 1. The van der Waals surface area contributed by atoms with Crippen LogP contribution in [0.4, 0.5) is 0 Å². The van der Waals surface area contributed by atoms with Crippen molar-refractivity contribution in [2.24, 2.45) is 0 Å². The third-order valence-corrected chi connectivity index (χ3v) is 14.6. The van der Waals surface area contributed by atoms with Gasteiger partial charge in [0.15, 0.2) is 5.78 Å². The van der Waals surface area contributed by atoms with Gasteiger partial charge in [-0.15, -0.1) is 0 Å². The Morgan fingerprint density at radius 1 is 0.422 bits per heavy atom. The van der Waals surface area contributed by atoms with Crippen LogP contribution in [0.5, 0.6) is 5.75 Å². The summed E-state index contributed by atoms with van der Waals surface area (Å²) in [7, 11) is 1.55. The zero-order valence-electron chi connectivity index (χ0n) is 52.1. The Morgan fingerprint density at radius 2 is 0.767 bits per heavy atom. The lowest BCUT2D eigenvalue weighted by Gasteiger charge is -2.29. The van der Waals surface area contributed by atoms with E-state index in [1.54, 1.807) is 37.4 Å². The number of amides is 9. The van der Waals surface area contributed by atoms with Crippen molar-refractivity contribution in [2.45, 2.75) is 223 Å². The first-order chi connectivity index (χ1) is 42.8. The first-order valence-corrected chi connectivity index (χ1v) is 30.5. The molecule has 0 bridgehead atoms. The Bertz CT molecular complexity index is 2700. The quantitative estimate of drug-likeness (QED) is 0.0314. The number of rotatable bonds is 46. The number of aldehydes is 2. The molecule has 0 saturated heterocycles. The fourth-order valence-corrected chi connectivity index (χ4v) is 9.35. The second kappa shape index (κ2) is 42.3. The summed E-state index contributed by atoms with van der Waals surface area (Å²) in [5.41, 5.74) is 0.942. The highest BCUT2D eigenvalue weighted by atomic mass is 16.4. The third kappa shape index (κ3) is 29.1. The lowest BCUT2D eigenvalue weighted by Crippen LogP contribution is -2.62. The molecule has 0 fully saturated rings. The summed E-state index contributed by atoms with van der Waals surface area (Å²) in [4.78, 5) is 186. The van der Waals surface area contributed by atoms with Gasteiger partial charge in [0.1, 0.15) is 66.7 Å². The fraction of sp³-hybridized carbons (Fsp3) is 0.581. The van der Waals surface area contributed by atoms with Gasteiger partial charge in [0, 0.05) is 38.5 Å². The predicted octanol–water partition coefficient (Wildman–Crippen LogP) is 0.357. The first kappa shape index (κ1) is 77.4. The van der Waals surface area contributed by atoms with Crippen LogP contribution in [0.2, 0.25) is 0 Å². The molecule has 0 saturated carbocycles. The SMILES string of the molecule is CCCCCC(NC(=O)C(Cc1ccc(O)cc1)NC(=O)C(CCC(=O)O)NC(=O)C(CCC(=O)O)NC(=O)C(NC(=O)C(CCCCC)NC(=O)C(Cc1ccccc1)NC(=O)C(CC=O)NC(=O)C(CC=O)NC(=O)C(CCCC)NC)C(C)O)C(C)=O. The van der Waals surface area contributed by atoms with Crippen LogP contribution in [0.3, 0.4) is 0 Å². The van der Waals surface area contributed by atoms with Crippen molar-refractivity contribution >= 4 is 83.5 Å². The molecule has 0 aliphatic heterocycles. The molecular formula is C62H92N10O18. The van der Waals surface area contributed by atoms with E-state index in [1.165, 1.54) is 31.2 Å². The van der Waals surface area contributed by atoms with Crippen LogP contribution in [0.1, 0.15) is 155 Å². The van der Waals surface area contributed by atoms with Gasteiger partial charge in [0.25, 0.3) is 0 Å². The molecule has 2 aromatic rings. The van der Waals surface area contributed by atoms with Crippen LogP contribution in [-0.4, -0.2) is 177 Å². The molecule has 28 heteroatoms. The Hall–Kier alpha value is -8.66. The number of Topliss-reactive ketones (excluding diaryl/α,β-unsaturated/α-hetero) is 1. The van der Waals surface area contributed by atoms with Gasteiger partial charge in [-0.3, -0.25) is 57.5 Å². The minimum atomic E-state index is -1.94. The van der Waals surface area contributed by atoms with Crippen molar-refractivity contribution in [3.8, 4) is 5.75 Å². The Balaban J connectivity index is 2.52. The van der Waals surface area contributed by atoms with Crippen LogP contribution >= 0.6 is 0 Å². The number of likely N-dealkylation sites (N-methyl/N-ethyl adjacent to an activating group) is 1. The summed E-state index contributed by atoms with van der Waals surface area (Å²) in [5, 5.41) is 65.3. The Kier molecular flexibility index (Phi) is 36.4. The molecule has 0 aromatic heterocycles. The molecule has 11 atom stereocenters.